The molecule has 142 valence electrons. The van der Waals surface area contributed by atoms with Crippen LogP contribution in [0.3, 0.4) is 0 Å². The van der Waals surface area contributed by atoms with Crippen molar-refractivity contribution in [2.45, 2.75) is 43.2 Å². The molecule has 11 heteroatoms. The highest BCUT2D eigenvalue weighted by Gasteiger charge is 2.38. The Morgan fingerprint density at radius 1 is 1.35 bits per heavy atom. The molecule has 0 unspecified atom stereocenters. The standard InChI is InChI=1S/C15H16ClF3N4O2S/c1-3-8-6-10(9-4-5-9)12(26(16,24)25)7-11(8)23-14(20-2)21-13(22-23)15(17,18)19/h6-7,9H,3-5H2,1-2H3,(H,20,21,22). The minimum absolute atomic E-state index is 0.0972. The van der Waals surface area contributed by atoms with E-state index in [4.69, 9.17) is 10.7 Å². The summed E-state index contributed by atoms with van der Waals surface area (Å²) in [6.45, 7) is 1.82. The van der Waals surface area contributed by atoms with Gasteiger partial charge < -0.3 is 5.32 Å². The van der Waals surface area contributed by atoms with Crippen LogP contribution in [0.2, 0.25) is 0 Å². The maximum atomic E-state index is 13.0. The second-order valence-corrected chi connectivity index (χ2v) is 8.54. The minimum Gasteiger partial charge on any atom is -0.357 e. The molecule has 0 radical (unpaired) electrons. The number of halogens is 4. The Morgan fingerprint density at radius 3 is 2.46 bits per heavy atom. The molecule has 1 aromatic carbocycles. The van der Waals surface area contributed by atoms with Crippen molar-refractivity contribution in [2.24, 2.45) is 0 Å². The Balaban J connectivity index is 2.26. The first kappa shape index (κ1) is 19.0. The van der Waals surface area contributed by atoms with Gasteiger partial charge in [-0.2, -0.15) is 22.8 Å². The smallest absolute Gasteiger partial charge is 0.357 e. The molecule has 1 aliphatic carbocycles. The first-order valence-electron chi connectivity index (χ1n) is 7.90. The highest BCUT2D eigenvalue weighted by Crippen LogP contribution is 2.45. The van der Waals surface area contributed by atoms with E-state index in [0.29, 0.717) is 17.5 Å². The average Bonchev–Trinajstić information content (AvgIpc) is 3.29. The van der Waals surface area contributed by atoms with Crippen molar-refractivity contribution in [3.05, 3.63) is 29.1 Å². The van der Waals surface area contributed by atoms with Crippen LogP contribution in [-0.2, 0) is 21.6 Å². The third-order valence-corrected chi connectivity index (χ3v) is 5.56. The highest BCUT2D eigenvalue weighted by molar-refractivity contribution is 8.13. The molecule has 1 aromatic heterocycles. The molecule has 0 spiro atoms. The highest BCUT2D eigenvalue weighted by atomic mass is 35.7. The van der Waals surface area contributed by atoms with E-state index in [9.17, 15) is 21.6 Å². The molecular formula is C15H16ClF3N4O2S. The van der Waals surface area contributed by atoms with Gasteiger partial charge in [0.15, 0.2) is 0 Å². The van der Waals surface area contributed by atoms with Gasteiger partial charge >= 0.3 is 6.18 Å². The number of rotatable bonds is 5. The molecule has 0 amide bonds. The van der Waals surface area contributed by atoms with Crippen molar-refractivity contribution < 1.29 is 21.6 Å². The van der Waals surface area contributed by atoms with Crippen molar-refractivity contribution in [2.75, 3.05) is 12.4 Å². The number of benzene rings is 1. The summed E-state index contributed by atoms with van der Waals surface area (Å²) in [5.41, 5.74) is 1.46. The number of nitrogens with one attached hydrogen (secondary N) is 1. The molecule has 1 N–H and O–H groups in total. The summed E-state index contributed by atoms with van der Waals surface area (Å²) in [5, 5.41) is 6.08. The Bertz CT molecular complexity index is 953. The SMILES string of the molecule is CCc1cc(C2CC2)c(S(=O)(=O)Cl)cc1-n1nc(C(F)(F)F)nc1NC. The number of anilines is 1. The molecule has 1 aliphatic rings. The predicted molar refractivity (Wildman–Crippen MR) is 90.3 cm³/mol. The van der Waals surface area contributed by atoms with Gasteiger partial charge in [-0.3, -0.25) is 0 Å². The van der Waals surface area contributed by atoms with Crippen LogP contribution in [0.4, 0.5) is 19.1 Å². The van der Waals surface area contributed by atoms with Gasteiger partial charge in [0.1, 0.15) is 0 Å². The number of alkyl halides is 3. The van der Waals surface area contributed by atoms with Gasteiger partial charge in [-0.15, -0.1) is 5.10 Å². The fourth-order valence-corrected chi connectivity index (χ4v) is 3.96. The fourth-order valence-electron chi connectivity index (χ4n) is 2.80. The van der Waals surface area contributed by atoms with Crippen molar-refractivity contribution in [1.29, 1.82) is 0 Å². The summed E-state index contributed by atoms with van der Waals surface area (Å²) in [4.78, 5) is 3.35. The van der Waals surface area contributed by atoms with Crippen molar-refractivity contribution in [1.82, 2.24) is 14.8 Å². The second-order valence-electron chi connectivity index (χ2n) is 6.00. The predicted octanol–water partition coefficient (Wildman–Crippen LogP) is 3.70. The quantitative estimate of drug-likeness (QED) is 0.763. The summed E-state index contributed by atoms with van der Waals surface area (Å²) >= 11 is 0. The van der Waals surface area contributed by atoms with E-state index in [1.807, 2.05) is 6.92 Å². The van der Waals surface area contributed by atoms with Gasteiger partial charge in [0.2, 0.25) is 5.95 Å². The van der Waals surface area contributed by atoms with E-state index in [1.54, 1.807) is 6.07 Å². The molecule has 26 heavy (non-hydrogen) atoms. The monoisotopic (exact) mass is 408 g/mol. The van der Waals surface area contributed by atoms with Crippen LogP contribution in [0.5, 0.6) is 0 Å². The lowest BCUT2D eigenvalue weighted by atomic mass is 10.0. The molecule has 2 aromatic rings. The number of nitrogens with zero attached hydrogens (tertiary/aromatic N) is 3. The van der Waals surface area contributed by atoms with Crippen LogP contribution in [-0.4, -0.2) is 30.2 Å². The molecule has 0 atom stereocenters. The van der Waals surface area contributed by atoms with E-state index in [1.165, 1.54) is 13.1 Å². The van der Waals surface area contributed by atoms with Crippen LogP contribution in [0, 0.1) is 0 Å². The molecule has 0 aliphatic heterocycles. The fraction of sp³-hybridized carbons (Fsp3) is 0.467. The molecular weight excluding hydrogens is 393 g/mol. The summed E-state index contributed by atoms with van der Waals surface area (Å²) < 4.78 is 63.9. The normalized spacial score (nSPS) is 15.3. The largest absolute Gasteiger partial charge is 0.453 e. The van der Waals surface area contributed by atoms with E-state index < -0.39 is 21.1 Å². The van der Waals surface area contributed by atoms with Gasteiger partial charge in [0.25, 0.3) is 14.9 Å². The Labute approximate surface area is 152 Å². The molecule has 6 nitrogen and oxygen atoms in total. The summed E-state index contributed by atoms with van der Waals surface area (Å²) in [6, 6.07) is 2.97. The van der Waals surface area contributed by atoms with Gasteiger partial charge in [-0.05, 0) is 42.4 Å². The van der Waals surface area contributed by atoms with Crippen LogP contribution in [0.25, 0.3) is 5.69 Å². The maximum Gasteiger partial charge on any atom is 0.453 e. The zero-order valence-corrected chi connectivity index (χ0v) is 15.5. The molecule has 1 saturated carbocycles. The number of aryl methyl sites for hydroxylation is 1. The third-order valence-electron chi connectivity index (χ3n) is 4.18. The summed E-state index contributed by atoms with van der Waals surface area (Å²) in [6.07, 6.45) is -2.54. The van der Waals surface area contributed by atoms with Gasteiger partial charge in [0, 0.05) is 17.7 Å². The van der Waals surface area contributed by atoms with Crippen molar-refractivity contribution in [3.63, 3.8) is 0 Å². The Hall–Kier alpha value is -1.81. The van der Waals surface area contributed by atoms with Crippen molar-refractivity contribution >= 4 is 25.7 Å². The van der Waals surface area contributed by atoms with E-state index >= 15 is 0 Å². The van der Waals surface area contributed by atoms with E-state index in [2.05, 4.69) is 15.4 Å². The van der Waals surface area contributed by atoms with Gasteiger partial charge in [0.05, 0.1) is 10.6 Å². The second kappa shape index (κ2) is 6.41. The Kier molecular flexibility index (Phi) is 4.68. The van der Waals surface area contributed by atoms with Crippen LogP contribution < -0.4 is 5.32 Å². The van der Waals surface area contributed by atoms with Crippen LogP contribution >= 0.6 is 10.7 Å². The van der Waals surface area contributed by atoms with Crippen LogP contribution in [0.1, 0.15) is 42.6 Å². The molecule has 0 saturated heterocycles. The lowest BCUT2D eigenvalue weighted by Crippen LogP contribution is -2.11. The molecule has 0 bridgehead atoms. The lowest BCUT2D eigenvalue weighted by Gasteiger charge is -2.15. The van der Waals surface area contributed by atoms with Crippen LogP contribution in [0.15, 0.2) is 17.0 Å². The number of hydrogen-bond donors (Lipinski definition) is 1. The van der Waals surface area contributed by atoms with E-state index in [0.717, 1.165) is 17.5 Å². The van der Waals surface area contributed by atoms with Gasteiger partial charge in [-0.25, -0.2) is 8.42 Å². The first-order valence-corrected chi connectivity index (χ1v) is 10.2. The summed E-state index contributed by atoms with van der Waals surface area (Å²) in [7, 11) is 2.91. The summed E-state index contributed by atoms with van der Waals surface area (Å²) in [5.74, 6) is -1.36. The average molecular weight is 409 g/mol. The number of hydrogen-bond acceptors (Lipinski definition) is 5. The first-order chi connectivity index (χ1) is 12.1. The van der Waals surface area contributed by atoms with Gasteiger partial charge in [-0.1, -0.05) is 13.0 Å². The topological polar surface area (TPSA) is 76.9 Å². The molecule has 1 fully saturated rings. The van der Waals surface area contributed by atoms with Crippen molar-refractivity contribution in [3.8, 4) is 5.69 Å². The lowest BCUT2D eigenvalue weighted by molar-refractivity contribution is -0.144. The zero-order valence-electron chi connectivity index (χ0n) is 13.9. The molecule has 3 rings (SSSR count). The zero-order chi connectivity index (χ0) is 19.3. The Morgan fingerprint density at radius 2 is 2.00 bits per heavy atom. The number of aromatic nitrogens is 3. The molecule has 1 heterocycles. The minimum atomic E-state index is -4.72. The maximum absolute atomic E-state index is 13.0. The third kappa shape index (κ3) is 3.52. The van der Waals surface area contributed by atoms with E-state index in [-0.39, 0.29) is 22.4 Å².